The Morgan fingerprint density at radius 2 is 1.74 bits per heavy atom. The van der Waals surface area contributed by atoms with Crippen LogP contribution in [0, 0.1) is 5.41 Å². The van der Waals surface area contributed by atoms with Crippen molar-refractivity contribution in [1.29, 1.82) is 0 Å². The third-order valence-electron chi connectivity index (χ3n) is 4.49. The maximum absolute atomic E-state index is 12.6. The first-order valence-corrected chi connectivity index (χ1v) is 10.7. The lowest BCUT2D eigenvalue weighted by molar-refractivity contribution is 0.00142. The zero-order valence-corrected chi connectivity index (χ0v) is 20.7. The van der Waals surface area contributed by atoms with Crippen molar-refractivity contribution in [1.82, 2.24) is 4.90 Å². The number of amides is 1. The van der Waals surface area contributed by atoms with Crippen LogP contribution >= 0.6 is 11.6 Å². The van der Waals surface area contributed by atoms with Gasteiger partial charge in [0.05, 0.1) is 23.2 Å². The summed E-state index contributed by atoms with van der Waals surface area (Å²) in [6, 6.07) is 2.80. The highest BCUT2D eigenvalue weighted by atomic mass is 35.5. The molecule has 176 valence electrons. The number of nitrogens with zero attached hydrogens (tertiary/aromatic N) is 1. The smallest absolute Gasteiger partial charge is 0.410 e. The molecule has 0 N–H and O–H groups in total. The molecule has 0 aliphatic carbocycles. The molecule has 31 heavy (non-hydrogen) atoms. The van der Waals surface area contributed by atoms with Crippen LogP contribution in [-0.4, -0.2) is 62.9 Å². The lowest BCUT2D eigenvalue weighted by atomic mass is 9.86. The van der Waals surface area contributed by atoms with Gasteiger partial charge < -0.3 is 23.8 Å². The molecule has 1 aromatic carbocycles. The van der Waals surface area contributed by atoms with E-state index >= 15 is 0 Å². The van der Waals surface area contributed by atoms with Crippen molar-refractivity contribution in [3.63, 3.8) is 0 Å². The number of benzene rings is 1. The SMILES string of the molecule is COCCCOc1cc(OC[C@@H](N(C)C(=O)OC(C)(C)C)C(C)(C)C)c(C=O)cc1Cl. The van der Waals surface area contributed by atoms with Gasteiger partial charge in [0, 0.05) is 33.3 Å². The van der Waals surface area contributed by atoms with Gasteiger partial charge in [-0.1, -0.05) is 32.4 Å². The van der Waals surface area contributed by atoms with Gasteiger partial charge in [-0.05, 0) is 32.3 Å². The Morgan fingerprint density at radius 3 is 2.26 bits per heavy atom. The Bertz CT molecular complexity index is 739. The maximum atomic E-state index is 12.6. The molecule has 0 heterocycles. The van der Waals surface area contributed by atoms with Crippen LogP contribution in [0.4, 0.5) is 4.79 Å². The normalized spacial score (nSPS) is 12.8. The van der Waals surface area contributed by atoms with Crippen molar-refractivity contribution >= 4 is 24.0 Å². The summed E-state index contributed by atoms with van der Waals surface area (Å²) in [5.41, 5.74) is -0.606. The molecular formula is C23H36ClNO6. The number of carbonyl (C=O) groups excluding carboxylic acids is 2. The Labute approximate surface area is 190 Å². The predicted octanol–water partition coefficient (Wildman–Crippen LogP) is 5.23. The minimum Gasteiger partial charge on any atom is -0.492 e. The summed E-state index contributed by atoms with van der Waals surface area (Å²) < 4.78 is 22.2. The first-order chi connectivity index (χ1) is 14.3. The van der Waals surface area contributed by atoms with E-state index in [2.05, 4.69) is 0 Å². The van der Waals surface area contributed by atoms with Gasteiger partial charge >= 0.3 is 6.09 Å². The van der Waals surface area contributed by atoms with E-state index in [-0.39, 0.29) is 18.1 Å². The summed E-state index contributed by atoms with van der Waals surface area (Å²) in [4.78, 5) is 25.7. The van der Waals surface area contributed by atoms with Crippen molar-refractivity contribution in [3.05, 3.63) is 22.7 Å². The Kier molecular flexibility index (Phi) is 10.1. The lowest BCUT2D eigenvalue weighted by Crippen LogP contribution is -2.50. The van der Waals surface area contributed by atoms with Crippen molar-refractivity contribution in [2.75, 3.05) is 34.0 Å². The van der Waals surface area contributed by atoms with Crippen LogP contribution in [0.3, 0.4) is 0 Å². The summed E-state index contributed by atoms with van der Waals surface area (Å²) in [5, 5.41) is 0.324. The summed E-state index contributed by atoms with van der Waals surface area (Å²) in [6.45, 7) is 12.6. The number of methoxy groups -OCH3 is 1. The highest BCUT2D eigenvalue weighted by Gasteiger charge is 2.34. The van der Waals surface area contributed by atoms with Crippen LogP contribution in [0.1, 0.15) is 58.3 Å². The fourth-order valence-corrected chi connectivity index (χ4v) is 3.06. The molecule has 0 saturated carbocycles. The Balaban J connectivity index is 3.03. The molecule has 7 nitrogen and oxygen atoms in total. The Morgan fingerprint density at radius 1 is 1.10 bits per heavy atom. The molecule has 0 unspecified atom stereocenters. The standard InChI is InChI=1S/C23H36ClNO6/c1-22(2,3)20(25(7)21(27)31-23(4,5)6)15-30-18-13-19(29-11-9-10-28-8)17(24)12-16(18)14-26/h12-14,20H,9-11,15H2,1-8H3/t20-/m1/s1. The molecule has 0 aliphatic rings. The highest BCUT2D eigenvalue weighted by molar-refractivity contribution is 6.32. The van der Waals surface area contributed by atoms with E-state index in [0.29, 0.717) is 48.0 Å². The first kappa shape index (κ1) is 27.0. The number of carbonyl (C=O) groups is 2. The van der Waals surface area contributed by atoms with Crippen LogP contribution in [0.15, 0.2) is 12.1 Å². The number of halogens is 1. The van der Waals surface area contributed by atoms with Gasteiger partial charge in [0.1, 0.15) is 23.7 Å². The van der Waals surface area contributed by atoms with Crippen LogP contribution in [0.5, 0.6) is 11.5 Å². The molecule has 0 aromatic heterocycles. The molecule has 1 atom stereocenters. The first-order valence-electron chi connectivity index (χ1n) is 10.3. The fourth-order valence-electron chi connectivity index (χ4n) is 2.84. The second kappa shape index (κ2) is 11.6. The van der Waals surface area contributed by atoms with E-state index in [9.17, 15) is 9.59 Å². The molecule has 0 bridgehead atoms. The quantitative estimate of drug-likeness (QED) is 0.354. The van der Waals surface area contributed by atoms with Crippen LogP contribution in [0.25, 0.3) is 0 Å². The highest BCUT2D eigenvalue weighted by Crippen LogP contribution is 2.33. The molecule has 0 saturated heterocycles. The van der Waals surface area contributed by atoms with Gasteiger partial charge in [-0.2, -0.15) is 0 Å². The van der Waals surface area contributed by atoms with E-state index in [1.54, 1.807) is 20.2 Å². The average Bonchev–Trinajstić information content (AvgIpc) is 2.64. The molecule has 0 radical (unpaired) electrons. The minimum atomic E-state index is -0.607. The summed E-state index contributed by atoms with van der Waals surface area (Å²) >= 11 is 6.24. The lowest BCUT2D eigenvalue weighted by Gasteiger charge is -2.38. The van der Waals surface area contributed by atoms with E-state index in [4.69, 9.17) is 30.5 Å². The molecule has 1 amide bonds. The van der Waals surface area contributed by atoms with Gasteiger partial charge in [0.15, 0.2) is 6.29 Å². The topological polar surface area (TPSA) is 74.3 Å². The van der Waals surface area contributed by atoms with E-state index < -0.39 is 11.7 Å². The van der Waals surface area contributed by atoms with Crippen molar-refractivity contribution in [3.8, 4) is 11.5 Å². The number of hydrogen-bond acceptors (Lipinski definition) is 6. The summed E-state index contributed by atoms with van der Waals surface area (Å²) in [6.07, 6.45) is 0.940. The zero-order valence-electron chi connectivity index (χ0n) is 19.9. The van der Waals surface area contributed by atoms with Crippen molar-refractivity contribution in [2.45, 2.75) is 59.6 Å². The summed E-state index contributed by atoms with van der Waals surface area (Å²) in [7, 11) is 3.30. The fraction of sp³-hybridized carbons (Fsp3) is 0.652. The third kappa shape index (κ3) is 8.95. The maximum Gasteiger partial charge on any atom is 0.410 e. The molecule has 8 heteroatoms. The van der Waals surface area contributed by atoms with Gasteiger partial charge in [-0.3, -0.25) is 4.79 Å². The number of hydrogen-bond donors (Lipinski definition) is 0. The second-order valence-corrected chi connectivity index (χ2v) is 9.82. The van der Waals surface area contributed by atoms with Crippen molar-refractivity contribution < 1.29 is 28.5 Å². The molecular weight excluding hydrogens is 422 g/mol. The van der Waals surface area contributed by atoms with Crippen LogP contribution in [-0.2, 0) is 9.47 Å². The predicted molar refractivity (Wildman–Crippen MR) is 122 cm³/mol. The average molecular weight is 458 g/mol. The summed E-state index contributed by atoms with van der Waals surface area (Å²) in [5.74, 6) is 0.763. The van der Waals surface area contributed by atoms with Gasteiger partial charge in [-0.25, -0.2) is 4.79 Å². The Hall–Kier alpha value is -1.99. The monoisotopic (exact) mass is 457 g/mol. The van der Waals surface area contributed by atoms with Gasteiger partial charge in [-0.15, -0.1) is 0 Å². The zero-order chi connectivity index (χ0) is 23.8. The van der Waals surface area contributed by atoms with Gasteiger partial charge in [0.2, 0.25) is 0 Å². The van der Waals surface area contributed by atoms with E-state index in [1.165, 1.54) is 11.0 Å². The molecule has 1 aromatic rings. The number of ether oxygens (including phenoxy) is 4. The van der Waals surface area contributed by atoms with Crippen molar-refractivity contribution in [2.24, 2.45) is 5.41 Å². The van der Waals surface area contributed by atoms with Gasteiger partial charge in [0.25, 0.3) is 0 Å². The van der Waals surface area contributed by atoms with E-state index in [0.717, 1.165) is 0 Å². The molecule has 0 fully saturated rings. The molecule has 0 aliphatic heterocycles. The largest absolute Gasteiger partial charge is 0.492 e. The minimum absolute atomic E-state index is 0.158. The van der Waals surface area contributed by atoms with Crippen LogP contribution in [0.2, 0.25) is 5.02 Å². The molecule has 0 spiro atoms. The van der Waals surface area contributed by atoms with E-state index in [1.807, 2.05) is 41.5 Å². The number of rotatable bonds is 10. The second-order valence-electron chi connectivity index (χ2n) is 9.42. The molecule has 1 rings (SSSR count). The third-order valence-corrected chi connectivity index (χ3v) is 4.78. The number of likely N-dealkylation sites (N-methyl/N-ethyl adjacent to an activating group) is 1. The number of aldehydes is 1. The van der Waals surface area contributed by atoms with Crippen LogP contribution < -0.4 is 9.47 Å².